The van der Waals surface area contributed by atoms with Gasteiger partial charge in [0, 0.05) is 6.42 Å². The molecule has 3 heteroatoms. The molecule has 0 saturated heterocycles. The largest absolute Gasteiger partial charge is 0.436 e. The first-order valence-electron chi connectivity index (χ1n) is 5.57. The fourth-order valence-corrected chi connectivity index (χ4v) is 1.77. The second kappa shape index (κ2) is 6.02. The normalized spacial score (nSPS) is 20.4. The Morgan fingerprint density at radius 1 is 1.36 bits per heavy atom. The summed E-state index contributed by atoms with van der Waals surface area (Å²) in [6, 6.07) is 0. The summed E-state index contributed by atoms with van der Waals surface area (Å²) in [5, 5.41) is 0. The smallest absolute Gasteiger partial charge is 0.307 e. The van der Waals surface area contributed by atoms with Crippen molar-refractivity contribution in [2.75, 3.05) is 0 Å². The maximum absolute atomic E-state index is 11.0. The molecule has 0 aromatic heterocycles. The van der Waals surface area contributed by atoms with Crippen LogP contribution in [0, 0.1) is 0 Å². The molecule has 1 fully saturated rings. The molecule has 0 aliphatic heterocycles. The second-order valence-electron chi connectivity index (χ2n) is 3.81. The lowest BCUT2D eigenvalue weighted by Gasteiger charge is -2.25. The van der Waals surface area contributed by atoms with Crippen molar-refractivity contribution in [3.05, 3.63) is 0 Å². The van der Waals surface area contributed by atoms with E-state index in [-0.39, 0.29) is 12.3 Å². The van der Waals surface area contributed by atoms with Crippen LogP contribution >= 0.6 is 0 Å². The molecular weight excluding hydrogens is 180 g/mol. The third-order valence-electron chi connectivity index (χ3n) is 2.52. The van der Waals surface area contributed by atoms with Crippen molar-refractivity contribution in [2.45, 2.75) is 64.8 Å². The van der Waals surface area contributed by atoms with Gasteiger partial charge in [-0.25, -0.2) is 0 Å². The molecule has 1 unspecified atom stereocenters. The number of rotatable bonds is 4. The monoisotopic (exact) mass is 200 g/mol. The number of hydrogen-bond acceptors (Lipinski definition) is 3. The van der Waals surface area contributed by atoms with E-state index in [1.54, 1.807) is 13.8 Å². The predicted octanol–water partition coefficient (Wildman–Crippen LogP) is 2.63. The van der Waals surface area contributed by atoms with E-state index in [1.807, 2.05) is 0 Å². The number of hydrogen-bond donors (Lipinski definition) is 0. The van der Waals surface area contributed by atoms with Gasteiger partial charge in [0.15, 0.2) is 6.29 Å². The Morgan fingerprint density at radius 3 is 2.57 bits per heavy atom. The highest BCUT2D eigenvalue weighted by molar-refractivity contribution is 5.68. The van der Waals surface area contributed by atoms with Crippen LogP contribution in [0.5, 0.6) is 0 Å². The molecule has 1 atom stereocenters. The molecule has 3 nitrogen and oxygen atoms in total. The highest BCUT2D eigenvalue weighted by atomic mass is 16.7. The summed E-state index contributed by atoms with van der Waals surface area (Å²) in [5.74, 6) is -0.187. The summed E-state index contributed by atoms with van der Waals surface area (Å²) in [5.41, 5.74) is 0. The van der Waals surface area contributed by atoms with Gasteiger partial charge in [0.25, 0.3) is 0 Å². The minimum atomic E-state index is -0.384. The number of ether oxygens (including phenoxy) is 2. The summed E-state index contributed by atoms with van der Waals surface area (Å²) in [4.78, 5) is 11.0. The Bertz CT molecular complexity index is 173. The zero-order chi connectivity index (χ0) is 10.4. The van der Waals surface area contributed by atoms with Gasteiger partial charge in [-0.05, 0) is 19.8 Å². The zero-order valence-electron chi connectivity index (χ0n) is 9.12. The van der Waals surface area contributed by atoms with Crippen LogP contribution in [-0.4, -0.2) is 18.4 Å². The van der Waals surface area contributed by atoms with Gasteiger partial charge in [-0.15, -0.1) is 0 Å². The molecular formula is C11H20O3. The van der Waals surface area contributed by atoms with Gasteiger partial charge in [-0.2, -0.15) is 0 Å². The molecule has 0 spiro atoms. The second-order valence-corrected chi connectivity index (χ2v) is 3.81. The van der Waals surface area contributed by atoms with Crippen molar-refractivity contribution in [2.24, 2.45) is 0 Å². The van der Waals surface area contributed by atoms with Gasteiger partial charge >= 0.3 is 5.97 Å². The topological polar surface area (TPSA) is 35.5 Å². The van der Waals surface area contributed by atoms with Gasteiger partial charge in [0.05, 0.1) is 6.10 Å². The van der Waals surface area contributed by atoms with E-state index in [0.29, 0.717) is 12.5 Å². The van der Waals surface area contributed by atoms with Crippen molar-refractivity contribution < 1.29 is 14.3 Å². The molecule has 0 N–H and O–H groups in total. The Balaban J connectivity index is 2.18. The predicted molar refractivity (Wildman–Crippen MR) is 53.8 cm³/mol. The molecule has 1 saturated carbocycles. The van der Waals surface area contributed by atoms with E-state index in [0.717, 1.165) is 12.8 Å². The minimum Gasteiger partial charge on any atom is -0.436 e. The lowest BCUT2D eigenvalue weighted by Crippen LogP contribution is -2.26. The number of carbonyl (C=O) groups is 1. The third-order valence-corrected chi connectivity index (χ3v) is 2.52. The van der Waals surface area contributed by atoms with Crippen LogP contribution in [0.25, 0.3) is 0 Å². The average Bonchev–Trinajstić information content (AvgIpc) is 2.19. The summed E-state index contributed by atoms with van der Waals surface area (Å²) in [6.07, 6.45) is 6.32. The molecule has 1 aliphatic rings. The fourth-order valence-electron chi connectivity index (χ4n) is 1.77. The highest BCUT2D eigenvalue weighted by Gasteiger charge is 2.18. The van der Waals surface area contributed by atoms with E-state index in [1.165, 1.54) is 19.3 Å². The first kappa shape index (κ1) is 11.5. The van der Waals surface area contributed by atoms with E-state index in [4.69, 9.17) is 9.47 Å². The van der Waals surface area contributed by atoms with Crippen LogP contribution < -0.4 is 0 Å². The van der Waals surface area contributed by atoms with Crippen molar-refractivity contribution in [1.29, 1.82) is 0 Å². The first-order chi connectivity index (χ1) is 6.72. The van der Waals surface area contributed by atoms with Crippen LogP contribution in [-0.2, 0) is 14.3 Å². The van der Waals surface area contributed by atoms with E-state index in [2.05, 4.69) is 0 Å². The van der Waals surface area contributed by atoms with Crippen LogP contribution in [0.15, 0.2) is 0 Å². The van der Waals surface area contributed by atoms with Gasteiger partial charge < -0.3 is 9.47 Å². The average molecular weight is 200 g/mol. The molecule has 0 aromatic carbocycles. The van der Waals surface area contributed by atoms with Gasteiger partial charge in [-0.1, -0.05) is 26.2 Å². The Morgan fingerprint density at radius 2 is 2.00 bits per heavy atom. The van der Waals surface area contributed by atoms with Crippen molar-refractivity contribution in [1.82, 2.24) is 0 Å². The SMILES string of the molecule is CCC(=O)OC(C)OC1CCCCC1. The lowest BCUT2D eigenvalue weighted by molar-refractivity contribution is -0.187. The quantitative estimate of drug-likeness (QED) is 0.517. The molecule has 0 amide bonds. The Labute approximate surface area is 85.8 Å². The Hall–Kier alpha value is -0.570. The summed E-state index contributed by atoms with van der Waals surface area (Å²) >= 11 is 0. The maximum atomic E-state index is 11.0. The molecule has 14 heavy (non-hydrogen) atoms. The number of carbonyl (C=O) groups excluding carboxylic acids is 1. The molecule has 1 aliphatic carbocycles. The van der Waals surface area contributed by atoms with Crippen LogP contribution in [0.2, 0.25) is 0 Å². The highest BCUT2D eigenvalue weighted by Crippen LogP contribution is 2.21. The fraction of sp³-hybridized carbons (Fsp3) is 0.909. The molecule has 0 radical (unpaired) electrons. The van der Waals surface area contributed by atoms with Crippen LogP contribution in [0.3, 0.4) is 0 Å². The Kier molecular flexibility index (Phi) is 4.94. The zero-order valence-corrected chi connectivity index (χ0v) is 9.12. The molecule has 1 rings (SSSR count). The summed E-state index contributed by atoms with van der Waals surface area (Å²) in [6.45, 7) is 3.58. The van der Waals surface area contributed by atoms with Crippen LogP contribution in [0.4, 0.5) is 0 Å². The van der Waals surface area contributed by atoms with E-state index >= 15 is 0 Å². The molecule has 0 aromatic rings. The maximum Gasteiger partial charge on any atom is 0.307 e. The van der Waals surface area contributed by atoms with Crippen LogP contribution in [0.1, 0.15) is 52.4 Å². The lowest BCUT2D eigenvalue weighted by atomic mass is 9.98. The number of esters is 1. The first-order valence-corrected chi connectivity index (χ1v) is 5.57. The van der Waals surface area contributed by atoms with Crippen molar-refractivity contribution in [3.63, 3.8) is 0 Å². The molecule has 0 bridgehead atoms. The van der Waals surface area contributed by atoms with Crippen molar-refractivity contribution >= 4 is 5.97 Å². The standard InChI is InChI=1S/C11H20O3/c1-3-11(12)14-9(2)13-10-7-5-4-6-8-10/h9-10H,3-8H2,1-2H3. The van der Waals surface area contributed by atoms with Gasteiger partial charge in [0.2, 0.25) is 0 Å². The van der Waals surface area contributed by atoms with Gasteiger partial charge in [-0.3, -0.25) is 4.79 Å². The summed E-state index contributed by atoms with van der Waals surface area (Å²) < 4.78 is 10.7. The van der Waals surface area contributed by atoms with Crippen molar-refractivity contribution in [3.8, 4) is 0 Å². The molecule has 0 heterocycles. The van der Waals surface area contributed by atoms with E-state index < -0.39 is 0 Å². The van der Waals surface area contributed by atoms with E-state index in [9.17, 15) is 4.79 Å². The molecule has 82 valence electrons. The minimum absolute atomic E-state index is 0.187. The van der Waals surface area contributed by atoms with Gasteiger partial charge in [0.1, 0.15) is 0 Å². The summed E-state index contributed by atoms with van der Waals surface area (Å²) in [7, 11) is 0. The third kappa shape index (κ3) is 4.09.